The molecule has 23 heavy (non-hydrogen) atoms. The van der Waals surface area contributed by atoms with E-state index in [9.17, 15) is 4.79 Å². The van der Waals surface area contributed by atoms with E-state index >= 15 is 0 Å². The van der Waals surface area contributed by atoms with E-state index in [2.05, 4.69) is 12.2 Å². The van der Waals surface area contributed by atoms with Crippen molar-refractivity contribution in [1.82, 2.24) is 10.2 Å². The Morgan fingerprint density at radius 1 is 1.26 bits per heavy atom. The lowest BCUT2D eigenvalue weighted by Gasteiger charge is -2.31. The number of benzene rings is 1. The first kappa shape index (κ1) is 16.4. The summed E-state index contributed by atoms with van der Waals surface area (Å²) in [6.07, 6.45) is 1.22. The van der Waals surface area contributed by atoms with Gasteiger partial charge >= 0.3 is 0 Å². The number of nitrogens with zero attached hydrogens (tertiary/aromatic N) is 1. The molecule has 2 fully saturated rings. The third-order valence-corrected chi connectivity index (χ3v) is 4.78. The summed E-state index contributed by atoms with van der Waals surface area (Å²) < 4.78 is 11.0. The lowest BCUT2D eigenvalue weighted by Crippen LogP contribution is -2.46. The van der Waals surface area contributed by atoms with E-state index in [0.717, 1.165) is 18.6 Å². The van der Waals surface area contributed by atoms with Crippen LogP contribution >= 0.6 is 0 Å². The summed E-state index contributed by atoms with van der Waals surface area (Å²) >= 11 is 0. The highest BCUT2D eigenvalue weighted by Gasteiger charge is 2.30. The van der Waals surface area contributed by atoms with Gasteiger partial charge in [0.2, 0.25) is 5.91 Å². The van der Waals surface area contributed by atoms with E-state index in [4.69, 9.17) is 9.47 Å². The summed E-state index contributed by atoms with van der Waals surface area (Å²) in [5.41, 5.74) is 1.07. The van der Waals surface area contributed by atoms with E-state index < -0.39 is 0 Å². The van der Waals surface area contributed by atoms with Crippen LogP contribution in [0.15, 0.2) is 30.3 Å². The van der Waals surface area contributed by atoms with Crippen molar-refractivity contribution in [3.05, 3.63) is 35.9 Å². The molecule has 0 aliphatic carbocycles. The van der Waals surface area contributed by atoms with Gasteiger partial charge < -0.3 is 19.7 Å². The number of hydrogen-bond donors (Lipinski definition) is 1. The van der Waals surface area contributed by atoms with Crippen LogP contribution in [0.1, 0.15) is 24.8 Å². The zero-order chi connectivity index (χ0) is 16.1. The molecule has 5 nitrogen and oxygen atoms in total. The monoisotopic (exact) mass is 318 g/mol. The van der Waals surface area contributed by atoms with E-state index in [1.807, 2.05) is 35.2 Å². The highest BCUT2D eigenvalue weighted by atomic mass is 16.5. The van der Waals surface area contributed by atoms with Crippen LogP contribution < -0.4 is 5.32 Å². The van der Waals surface area contributed by atoms with Gasteiger partial charge in [0.15, 0.2) is 0 Å². The van der Waals surface area contributed by atoms with E-state index in [1.54, 1.807) is 0 Å². The number of hydrogen-bond acceptors (Lipinski definition) is 4. The third kappa shape index (κ3) is 4.10. The molecule has 3 rings (SSSR count). The van der Waals surface area contributed by atoms with Crippen molar-refractivity contribution in [3.8, 4) is 0 Å². The highest BCUT2D eigenvalue weighted by molar-refractivity contribution is 5.84. The first-order valence-corrected chi connectivity index (χ1v) is 8.52. The Balaban J connectivity index is 1.69. The Morgan fingerprint density at radius 3 is 2.65 bits per heavy atom. The van der Waals surface area contributed by atoms with E-state index in [1.165, 1.54) is 0 Å². The summed E-state index contributed by atoms with van der Waals surface area (Å²) in [6.45, 7) is 6.18. The van der Waals surface area contributed by atoms with Gasteiger partial charge in [-0.3, -0.25) is 4.79 Å². The Kier molecular flexibility index (Phi) is 5.65. The quantitative estimate of drug-likeness (QED) is 0.891. The number of ether oxygens (including phenoxy) is 2. The second kappa shape index (κ2) is 7.90. The lowest BCUT2D eigenvalue weighted by molar-refractivity contribution is -0.136. The largest absolute Gasteiger partial charge is 0.378 e. The first-order chi connectivity index (χ1) is 11.3. The van der Waals surface area contributed by atoms with Crippen LogP contribution in [0.3, 0.4) is 0 Å². The first-order valence-electron chi connectivity index (χ1n) is 8.52. The Bertz CT molecular complexity index is 502. The van der Waals surface area contributed by atoms with Crippen molar-refractivity contribution in [2.24, 2.45) is 0 Å². The Hall–Kier alpha value is -1.43. The normalized spacial score (nSPS) is 26.2. The minimum absolute atomic E-state index is 0.151. The number of amides is 1. The molecule has 1 aromatic rings. The van der Waals surface area contributed by atoms with Gasteiger partial charge in [-0.15, -0.1) is 0 Å². The molecule has 1 amide bonds. The maximum Gasteiger partial charge on any atom is 0.231 e. The van der Waals surface area contributed by atoms with Crippen LogP contribution in [0, 0.1) is 0 Å². The SMILES string of the molecule is C[C@@H]1OCC[C@@H]1NC[C@H](C(=O)N1CCOCC1)c1ccccc1. The molecule has 1 aromatic carbocycles. The van der Waals surface area contributed by atoms with Crippen LogP contribution in [0.2, 0.25) is 0 Å². The van der Waals surface area contributed by atoms with Crippen LogP contribution in [0.25, 0.3) is 0 Å². The summed E-state index contributed by atoms with van der Waals surface area (Å²) in [4.78, 5) is 14.9. The second-order valence-corrected chi connectivity index (χ2v) is 6.28. The number of carbonyl (C=O) groups is 1. The zero-order valence-electron chi connectivity index (χ0n) is 13.7. The Labute approximate surface area is 137 Å². The van der Waals surface area contributed by atoms with Crippen molar-refractivity contribution in [1.29, 1.82) is 0 Å². The number of nitrogens with one attached hydrogen (secondary N) is 1. The smallest absolute Gasteiger partial charge is 0.231 e. The van der Waals surface area contributed by atoms with Gasteiger partial charge in [-0.1, -0.05) is 30.3 Å². The van der Waals surface area contributed by atoms with Gasteiger partial charge in [0.25, 0.3) is 0 Å². The molecule has 3 atom stereocenters. The van der Waals surface area contributed by atoms with Crippen molar-refractivity contribution in [2.45, 2.75) is 31.4 Å². The standard InChI is InChI=1S/C18H26N2O3/c1-14-17(7-10-23-14)19-13-16(15-5-3-2-4-6-15)18(21)20-8-11-22-12-9-20/h2-6,14,16-17,19H,7-13H2,1H3/t14-,16-,17-/m0/s1. The van der Waals surface area contributed by atoms with Gasteiger partial charge in [0, 0.05) is 32.3 Å². The zero-order valence-corrected chi connectivity index (χ0v) is 13.7. The van der Waals surface area contributed by atoms with Gasteiger partial charge in [-0.25, -0.2) is 0 Å². The molecule has 2 aliphatic heterocycles. The molecule has 0 radical (unpaired) electrons. The summed E-state index contributed by atoms with van der Waals surface area (Å²) in [6, 6.07) is 10.4. The molecular formula is C18H26N2O3. The van der Waals surface area contributed by atoms with Gasteiger partial charge in [0.1, 0.15) is 0 Å². The van der Waals surface area contributed by atoms with Crippen LogP contribution in [0.5, 0.6) is 0 Å². The average Bonchev–Trinajstić information content (AvgIpc) is 3.02. The van der Waals surface area contributed by atoms with Crippen molar-refractivity contribution in [3.63, 3.8) is 0 Å². The fraction of sp³-hybridized carbons (Fsp3) is 0.611. The Morgan fingerprint density at radius 2 is 2.00 bits per heavy atom. The molecule has 2 aliphatic rings. The lowest BCUT2D eigenvalue weighted by atomic mass is 9.96. The topological polar surface area (TPSA) is 50.8 Å². The van der Waals surface area contributed by atoms with Crippen LogP contribution in [-0.2, 0) is 14.3 Å². The summed E-state index contributed by atoms with van der Waals surface area (Å²) in [5.74, 6) is 0.0423. The molecule has 0 unspecified atom stereocenters. The minimum atomic E-state index is -0.151. The van der Waals surface area contributed by atoms with Crippen molar-refractivity contribution in [2.75, 3.05) is 39.5 Å². The average molecular weight is 318 g/mol. The fourth-order valence-electron chi connectivity index (χ4n) is 3.31. The van der Waals surface area contributed by atoms with Crippen molar-refractivity contribution >= 4 is 5.91 Å². The molecule has 0 spiro atoms. The molecule has 1 N–H and O–H groups in total. The summed E-state index contributed by atoms with van der Waals surface area (Å²) in [5, 5.41) is 3.55. The number of carbonyl (C=O) groups excluding carboxylic acids is 1. The predicted molar refractivity (Wildman–Crippen MR) is 88.4 cm³/mol. The number of morpholine rings is 1. The molecule has 0 saturated carbocycles. The fourth-order valence-corrected chi connectivity index (χ4v) is 3.31. The molecule has 0 bridgehead atoms. The van der Waals surface area contributed by atoms with E-state index in [0.29, 0.717) is 38.9 Å². The summed E-state index contributed by atoms with van der Waals surface area (Å²) in [7, 11) is 0. The molecule has 2 heterocycles. The molecule has 126 valence electrons. The van der Waals surface area contributed by atoms with Crippen molar-refractivity contribution < 1.29 is 14.3 Å². The molecule has 2 saturated heterocycles. The van der Waals surface area contributed by atoms with Crippen LogP contribution in [-0.4, -0.2) is 62.4 Å². The molecule has 0 aromatic heterocycles. The molecule has 5 heteroatoms. The molecular weight excluding hydrogens is 292 g/mol. The third-order valence-electron chi connectivity index (χ3n) is 4.78. The van der Waals surface area contributed by atoms with Gasteiger partial charge in [-0.05, 0) is 18.9 Å². The van der Waals surface area contributed by atoms with Gasteiger partial charge in [-0.2, -0.15) is 0 Å². The van der Waals surface area contributed by atoms with E-state index in [-0.39, 0.29) is 17.9 Å². The predicted octanol–water partition coefficient (Wildman–Crippen LogP) is 1.40. The number of rotatable bonds is 5. The maximum absolute atomic E-state index is 13.0. The van der Waals surface area contributed by atoms with Gasteiger partial charge in [0.05, 0.1) is 25.2 Å². The highest BCUT2D eigenvalue weighted by Crippen LogP contribution is 2.20. The minimum Gasteiger partial charge on any atom is -0.378 e. The maximum atomic E-state index is 13.0. The van der Waals surface area contributed by atoms with Crippen LogP contribution in [0.4, 0.5) is 0 Å². The second-order valence-electron chi connectivity index (χ2n) is 6.28.